The average Bonchev–Trinajstić information content (AvgIpc) is 2.96. The van der Waals surface area contributed by atoms with Gasteiger partial charge in [0.15, 0.2) is 0 Å². The predicted molar refractivity (Wildman–Crippen MR) is 171 cm³/mol. The zero-order valence-electron chi connectivity index (χ0n) is 25.6. The first kappa shape index (κ1) is 31.0. The van der Waals surface area contributed by atoms with Gasteiger partial charge in [-0.1, -0.05) is 37.6 Å². The Morgan fingerprint density at radius 2 is 1.80 bits per heavy atom. The first-order valence-electron chi connectivity index (χ1n) is 14.4. The minimum Gasteiger partial charge on any atom is -0.444 e. The van der Waals surface area contributed by atoms with Crippen molar-refractivity contribution >= 4 is 40.1 Å². The zero-order valence-corrected chi connectivity index (χ0v) is 26.4. The summed E-state index contributed by atoms with van der Waals surface area (Å²) in [6.07, 6.45) is 1.26. The number of aryl methyl sites for hydroxylation is 1. The fourth-order valence-corrected chi connectivity index (χ4v) is 5.70. The monoisotopic (exact) mass is 616 g/mol. The largest absolute Gasteiger partial charge is 0.444 e. The van der Waals surface area contributed by atoms with Crippen LogP contribution in [-0.2, 0) is 4.74 Å². The quantitative estimate of drug-likeness (QED) is 0.224. The number of fused-ring (bicyclic) bond motifs is 1. The van der Waals surface area contributed by atoms with Crippen LogP contribution in [0.2, 0.25) is 5.02 Å². The maximum Gasteiger partial charge on any atom is 0.410 e. The number of rotatable bonds is 4. The van der Waals surface area contributed by atoms with E-state index in [0.717, 1.165) is 5.56 Å². The fourth-order valence-electron chi connectivity index (χ4n) is 5.45. The number of carbonyl (C=O) groups excluding carboxylic acids is 1. The van der Waals surface area contributed by atoms with Gasteiger partial charge < -0.3 is 14.5 Å². The fraction of sp³-hybridized carbons (Fsp3) is 0.364. The van der Waals surface area contributed by atoms with Crippen LogP contribution in [0.3, 0.4) is 0 Å². The lowest BCUT2D eigenvalue weighted by Gasteiger charge is -2.37. The van der Waals surface area contributed by atoms with E-state index in [1.54, 1.807) is 41.4 Å². The molecule has 4 aromatic rings. The summed E-state index contributed by atoms with van der Waals surface area (Å²) in [5.41, 5.74) is 1.62. The van der Waals surface area contributed by atoms with Crippen LogP contribution in [0.4, 0.5) is 20.6 Å². The predicted octanol–water partition coefficient (Wildman–Crippen LogP) is 7.28. The summed E-state index contributed by atoms with van der Waals surface area (Å²) in [4.78, 5) is 43.8. The number of pyridine rings is 3. The van der Waals surface area contributed by atoms with E-state index in [0.29, 0.717) is 48.6 Å². The summed E-state index contributed by atoms with van der Waals surface area (Å²) in [6.45, 7) is 20.7. The summed E-state index contributed by atoms with van der Waals surface area (Å²) in [6, 6.07) is 9.62. The van der Waals surface area contributed by atoms with Crippen molar-refractivity contribution in [1.82, 2.24) is 19.4 Å². The van der Waals surface area contributed by atoms with E-state index >= 15 is 4.39 Å². The molecular weight excluding hydrogens is 583 g/mol. The van der Waals surface area contributed by atoms with Gasteiger partial charge in [-0.05, 0) is 63.4 Å². The number of aromatic nitrogens is 3. The van der Waals surface area contributed by atoms with Gasteiger partial charge in [-0.2, -0.15) is 0 Å². The smallest absolute Gasteiger partial charge is 0.410 e. The summed E-state index contributed by atoms with van der Waals surface area (Å²) in [7, 11) is 0. The molecule has 3 aromatic heterocycles. The lowest BCUT2D eigenvalue weighted by atomic mass is 10.0. The number of hydrogen-bond donors (Lipinski definition) is 0. The van der Waals surface area contributed by atoms with Gasteiger partial charge in [0.25, 0.3) is 11.2 Å². The Morgan fingerprint density at radius 3 is 2.41 bits per heavy atom. The molecule has 0 saturated carbocycles. The van der Waals surface area contributed by atoms with Crippen molar-refractivity contribution in [2.24, 2.45) is 0 Å². The van der Waals surface area contributed by atoms with E-state index in [1.807, 2.05) is 46.4 Å². The average molecular weight is 617 g/mol. The number of benzene rings is 1. The van der Waals surface area contributed by atoms with E-state index in [2.05, 4.69) is 9.83 Å². The lowest BCUT2D eigenvalue weighted by molar-refractivity contribution is 0.0241. The number of halogens is 2. The Kier molecular flexibility index (Phi) is 8.36. The molecule has 1 aromatic carbocycles. The molecule has 1 aliphatic rings. The number of carbonyl (C=O) groups is 1. The van der Waals surface area contributed by atoms with Gasteiger partial charge in [0.2, 0.25) is 0 Å². The Bertz CT molecular complexity index is 1870. The molecule has 1 aliphatic heterocycles. The normalized spacial score (nSPS) is 13.8. The number of amides is 1. The Balaban J connectivity index is 1.77. The van der Waals surface area contributed by atoms with Crippen molar-refractivity contribution < 1.29 is 13.9 Å². The van der Waals surface area contributed by atoms with Crippen molar-refractivity contribution in [3.63, 3.8) is 0 Å². The summed E-state index contributed by atoms with van der Waals surface area (Å²) >= 11 is 6.80. The molecule has 9 nitrogen and oxygen atoms in total. The number of anilines is 1. The number of piperazine rings is 1. The topological polar surface area (TPSA) is 84.9 Å². The highest BCUT2D eigenvalue weighted by molar-refractivity contribution is 6.34. The van der Waals surface area contributed by atoms with E-state index in [1.165, 1.54) is 10.6 Å². The zero-order chi connectivity index (χ0) is 31.9. The van der Waals surface area contributed by atoms with Gasteiger partial charge in [-0.25, -0.2) is 19.0 Å². The molecule has 4 heterocycles. The molecular formula is C33H34ClFN6O3. The van der Waals surface area contributed by atoms with Crippen molar-refractivity contribution in [2.45, 2.75) is 53.1 Å². The van der Waals surface area contributed by atoms with Crippen LogP contribution in [0.15, 0.2) is 47.4 Å². The number of nitrogens with zero attached hydrogens (tertiary/aromatic N) is 6. The number of ether oxygens (including phenoxy) is 1. The van der Waals surface area contributed by atoms with Crippen molar-refractivity contribution in [3.8, 4) is 16.9 Å². The molecule has 0 spiro atoms. The van der Waals surface area contributed by atoms with E-state index in [4.69, 9.17) is 27.9 Å². The van der Waals surface area contributed by atoms with E-state index in [-0.39, 0.29) is 33.5 Å². The third kappa shape index (κ3) is 5.72. The highest BCUT2D eigenvalue weighted by Gasteiger charge is 2.31. The van der Waals surface area contributed by atoms with Crippen molar-refractivity contribution in [1.29, 1.82) is 0 Å². The molecule has 0 radical (unpaired) electrons. The van der Waals surface area contributed by atoms with Gasteiger partial charge in [-0.3, -0.25) is 14.3 Å². The SMILES string of the molecule is [C-]#[N+]c1c(N2CCN(C(=O)OC(C)(C)C)CC2)c2cc(Cl)c(-c3ccccc3F)nc2n(-c2c(C)ccnc2C(C)C)c1=O. The van der Waals surface area contributed by atoms with E-state index in [9.17, 15) is 9.59 Å². The molecule has 1 saturated heterocycles. The molecule has 11 heteroatoms. The highest BCUT2D eigenvalue weighted by atomic mass is 35.5. The Labute approximate surface area is 260 Å². The first-order chi connectivity index (χ1) is 20.8. The highest BCUT2D eigenvalue weighted by Crippen LogP contribution is 2.40. The first-order valence-corrected chi connectivity index (χ1v) is 14.8. The summed E-state index contributed by atoms with van der Waals surface area (Å²) < 4.78 is 22.0. The third-order valence-corrected chi connectivity index (χ3v) is 7.75. The van der Waals surface area contributed by atoms with Crippen LogP contribution < -0.4 is 10.5 Å². The molecule has 1 fully saturated rings. The van der Waals surface area contributed by atoms with Crippen molar-refractivity contribution in [2.75, 3.05) is 31.1 Å². The molecule has 0 unspecified atom stereocenters. The maximum absolute atomic E-state index is 15.0. The third-order valence-electron chi connectivity index (χ3n) is 7.47. The van der Waals surface area contributed by atoms with Gasteiger partial charge >= 0.3 is 6.09 Å². The Hall–Kier alpha value is -4.49. The second kappa shape index (κ2) is 11.9. The Morgan fingerprint density at radius 1 is 1.11 bits per heavy atom. The molecule has 5 rings (SSSR count). The minimum atomic E-state index is -0.635. The molecule has 0 N–H and O–H groups in total. The second-order valence-corrected chi connectivity index (χ2v) is 12.5. The van der Waals surface area contributed by atoms with Gasteiger partial charge in [0.1, 0.15) is 17.1 Å². The van der Waals surface area contributed by atoms with E-state index < -0.39 is 23.1 Å². The van der Waals surface area contributed by atoms with Crippen LogP contribution >= 0.6 is 11.6 Å². The summed E-state index contributed by atoms with van der Waals surface area (Å²) in [5.74, 6) is -0.561. The van der Waals surface area contributed by atoms with Crippen LogP contribution in [0, 0.1) is 19.3 Å². The molecule has 44 heavy (non-hydrogen) atoms. The molecule has 1 amide bonds. The number of hydrogen-bond acceptors (Lipinski definition) is 6. The maximum atomic E-state index is 15.0. The van der Waals surface area contributed by atoms with Crippen LogP contribution in [-0.4, -0.2) is 57.3 Å². The molecule has 228 valence electrons. The molecule has 0 aliphatic carbocycles. The van der Waals surface area contributed by atoms with Gasteiger partial charge in [0, 0.05) is 43.3 Å². The van der Waals surface area contributed by atoms with Gasteiger partial charge in [-0.15, -0.1) is 0 Å². The lowest BCUT2D eigenvalue weighted by Crippen LogP contribution is -2.50. The van der Waals surface area contributed by atoms with Crippen LogP contribution in [0.1, 0.15) is 51.8 Å². The molecule has 0 bridgehead atoms. The standard InChI is InChI=1S/C33H34ClFN6O3/c1-19(2)25-28(20(3)12-13-37-25)41-30-22(18-23(34)26(38-30)21-10-8-9-11-24(21)35)29(27(36-7)31(41)42)39-14-16-40(17-15-39)32(43)44-33(4,5)6/h8-13,18-19H,14-17H2,1-6H3. The van der Waals surface area contributed by atoms with Crippen LogP contribution in [0.5, 0.6) is 0 Å². The van der Waals surface area contributed by atoms with Gasteiger partial charge in [0.05, 0.1) is 34.4 Å². The molecule has 0 atom stereocenters. The second-order valence-electron chi connectivity index (χ2n) is 12.1. The van der Waals surface area contributed by atoms with Crippen LogP contribution in [0.25, 0.3) is 32.8 Å². The van der Waals surface area contributed by atoms with Crippen molar-refractivity contribution in [3.05, 3.63) is 86.5 Å². The minimum absolute atomic E-state index is 0.0535. The summed E-state index contributed by atoms with van der Waals surface area (Å²) in [5, 5.41) is 0.633.